The Hall–Kier alpha value is -2.10. The number of carbonyl (C=O) groups excluding carboxylic acids is 1. The van der Waals surface area contributed by atoms with Gasteiger partial charge in [0.05, 0.1) is 10.6 Å². The minimum Gasteiger partial charge on any atom is -0.488 e. The summed E-state index contributed by atoms with van der Waals surface area (Å²) < 4.78 is 8.17. The number of thioether (sulfide) groups is 1. The normalized spacial score (nSPS) is 15.9. The van der Waals surface area contributed by atoms with Crippen LogP contribution < -0.4 is 10.1 Å². The molecule has 0 radical (unpaired) electrons. The quantitative estimate of drug-likeness (QED) is 0.237. The number of hydrogen-bond acceptors (Lipinski definition) is 4. The number of rotatable bonds is 6. The molecular weight excluding hydrogens is 599 g/mol. The minimum atomic E-state index is -0.164. The van der Waals surface area contributed by atoms with Crippen LogP contribution in [0.1, 0.15) is 23.6 Å². The second-order valence-corrected chi connectivity index (χ2v) is 10.3. The summed E-state index contributed by atoms with van der Waals surface area (Å²) in [5.74, 6) is 0.552. The van der Waals surface area contributed by atoms with Crippen LogP contribution >= 0.6 is 50.3 Å². The number of hydrogen-bond donors (Lipinski definition) is 1. The van der Waals surface area contributed by atoms with Gasteiger partial charge in [-0.2, -0.15) is 0 Å². The van der Waals surface area contributed by atoms with E-state index in [-0.39, 0.29) is 5.91 Å². The van der Waals surface area contributed by atoms with Crippen LogP contribution in [-0.4, -0.2) is 11.1 Å². The number of ether oxygens (including phenoxy) is 1. The zero-order chi connectivity index (χ0) is 22.5. The van der Waals surface area contributed by atoms with Crippen LogP contribution in [-0.2, 0) is 17.8 Å². The molecule has 0 aliphatic carbocycles. The Morgan fingerprint density at radius 1 is 1.06 bits per heavy atom. The zero-order valence-corrected chi connectivity index (χ0v) is 21.8. The standard InChI is InChI=1S/C25H20BrIN2O2S/c1-2-16-5-10-21(11-6-16)28-25-29-24(30)23(32-25)14-18-13-19(26)7-12-22(18)31-15-17-3-8-20(27)9-4-17/h3-14H,2,15H2,1H3,(H,28,29,30)/b23-14-. The molecular formula is C25H20BrIN2O2S. The van der Waals surface area contributed by atoms with E-state index in [4.69, 9.17) is 4.74 Å². The monoisotopic (exact) mass is 618 g/mol. The van der Waals surface area contributed by atoms with Crippen LogP contribution in [0.25, 0.3) is 6.08 Å². The number of carbonyl (C=O) groups is 1. The predicted molar refractivity (Wildman–Crippen MR) is 144 cm³/mol. The van der Waals surface area contributed by atoms with Gasteiger partial charge in [0.2, 0.25) is 0 Å². The van der Waals surface area contributed by atoms with Crippen molar-refractivity contribution in [3.63, 3.8) is 0 Å². The number of halogens is 2. The maximum Gasteiger partial charge on any atom is 0.264 e. The Bertz CT molecular complexity index is 1190. The summed E-state index contributed by atoms with van der Waals surface area (Å²) in [5.41, 5.74) is 3.99. The molecule has 4 nitrogen and oxygen atoms in total. The van der Waals surface area contributed by atoms with E-state index in [1.165, 1.54) is 20.9 Å². The molecule has 1 N–H and O–H groups in total. The van der Waals surface area contributed by atoms with Gasteiger partial charge in [-0.3, -0.25) is 4.79 Å². The van der Waals surface area contributed by atoms with Crippen LogP contribution in [0.5, 0.6) is 5.75 Å². The highest BCUT2D eigenvalue weighted by Crippen LogP contribution is 2.32. The number of amides is 1. The molecule has 1 aliphatic heterocycles. The first-order valence-corrected chi connectivity index (χ1v) is 12.7. The van der Waals surface area contributed by atoms with Gasteiger partial charge < -0.3 is 10.1 Å². The third-order valence-corrected chi connectivity index (χ3v) is 6.91. The lowest BCUT2D eigenvalue weighted by molar-refractivity contribution is -0.115. The van der Waals surface area contributed by atoms with E-state index in [1.54, 1.807) is 0 Å². The molecule has 0 unspecified atom stereocenters. The second-order valence-electron chi connectivity index (χ2n) is 7.10. The molecule has 1 amide bonds. The molecule has 0 bridgehead atoms. The predicted octanol–water partition coefficient (Wildman–Crippen LogP) is 7.09. The first kappa shape index (κ1) is 23.1. The van der Waals surface area contributed by atoms with Crippen molar-refractivity contribution in [2.75, 3.05) is 0 Å². The van der Waals surface area contributed by atoms with Crippen LogP contribution in [0.15, 0.2) is 81.1 Å². The highest BCUT2D eigenvalue weighted by Gasteiger charge is 2.24. The summed E-state index contributed by atoms with van der Waals surface area (Å²) in [7, 11) is 0. The summed E-state index contributed by atoms with van der Waals surface area (Å²) in [4.78, 5) is 17.7. The van der Waals surface area contributed by atoms with Gasteiger partial charge in [0.15, 0.2) is 5.17 Å². The zero-order valence-electron chi connectivity index (χ0n) is 17.3. The molecule has 0 atom stereocenters. The number of nitrogens with zero attached hydrogens (tertiary/aromatic N) is 1. The molecule has 3 aromatic rings. The third-order valence-electron chi connectivity index (χ3n) is 4.79. The Labute approximate surface area is 213 Å². The molecule has 7 heteroatoms. The molecule has 1 fully saturated rings. The van der Waals surface area contributed by atoms with Gasteiger partial charge >= 0.3 is 0 Å². The van der Waals surface area contributed by atoms with Gasteiger partial charge in [0, 0.05) is 13.6 Å². The van der Waals surface area contributed by atoms with E-state index in [9.17, 15) is 4.79 Å². The molecule has 4 rings (SSSR count). The highest BCUT2D eigenvalue weighted by atomic mass is 127. The van der Waals surface area contributed by atoms with Crippen LogP contribution in [0.2, 0.25) is 0 Å². The summed E-state index contributed by atoms with van der Waals surface area (Å²) >= 11 is 7.13. The molecule has 0 aromatic heterocycles. The highest BCUT2D eigenvalue weighted by molar-refractivity contribution is 14.1. The van der Waals surface area contributed by atoms with E-state index in [1.807, 2.05) is 36.4 Å². The van der Waals surface area contributed by atoms with Crippen molar-refractivity contribution in [1.29, 1.82) is 0 Å². The van der Waals surface area contributed by atoms with Crippen molar-refractivity contribution >= 4 is 73.1 Å². The molecule has 0 saturated carbocycles. The van der Waals surface area contributed by atoms with Gasteiger partial charge in [0.25, 0.3) is 5.91 Å². The molecule has 1 heterocycles. The molecule has 3 aromatic carbocycles. The van der Waals surface area contributed by atoms with Gasteiger partial charge in [-0.05, 0) is 100 Å². The van der Waals surface area contributed by atoms with Crippen molar-refractivity contribution in [1.82, 2.24) is 5.32 Å². The van der Waals surface area contributed by atoms with Crippen molar-refractivity contribution in [2.45, 2.75) is 20.0 Å². The molecule has 32 heavy (non-hydrogen) atoms. The van der Waals surface area contributed by atoms with Crippen LogP contribution in [0, 0.1) is 3.57 Å². The third kappa shape index (κ3) is 6.02. The largest absolute Gasteiger partial charge is 0.488 e. The van der Waals surface area contributed by atoms with Crippen LogP contribution in [0.4, 0.5) is 5.69 Å². The van der Waals surface area contributed by atoms with E-state index >= 15 is 0 Å². The second kappa shape index (κ2) is 10.7. The fraction of sp³-hybridized carbons (Fsp3) is 0.120. The average Bonchev–Trinajstić information content (AvgIpc) is 3.13. The van der Waals surface area contributed by atoms with Gasteiger partial charge in [-0.15, -0.1) is 0 Å². The smallest absolute Gasteiger partial charge is 0.264 e. The van der Waals surface area contributed by atoms with E-state index < -0.39 is 0 Å². The lowest BCUT2D eigenvalue weighted by Gasteiger charge is -2.10. The van der Waals surface area contributed by atoms with Crippen molar-refractivity contribution in [3.05, 3.63) is 96.4 Å². The van der Waals surface area contributed by atoms with Gasteiger partial charge in [-0.25, -0.2) is 4.99 Å². The van der Waals surface area contributed by atoms with Crippen LogP contribution in [0.3, 0.4) is 0 Å². The SMILES string of the molecule is CCc1ccc(N=C2NC(=O)/C(=C/c3cc(Br)ccc3OCc3ccc(I)cc3)S2)cc1. The first-order valence-electron chi connectivity index (χ1n) is 10.1. The lowest BCUT2D eigenvalue weighted by atomic mass is 10.1. The van der Waals surface area contributed by atoms with Gasteiger partial charge in [0.1, 0.15) is 12.4 Å². The first-order chi connectivity index (χ1) is 15.5. The van der Waals surface area contributed by atoms with E-state index in [2.05, 4.69) is 92.2 Å². The van der Waals surface area contributed by atoms with Gasteiger partial charge in [-0.1, -0.05) is 47.1 Å². The lowest BCUT2D eigenvalue weighted by Crippen LogP contribution is -2.19. The summed E-state index contributed by atoms with van der Waals surface area (Å²) in [6.45, 7) is 2.57. The Balaban J connectivity index is 1.53. The Morgan fingerprint density at radius 3 is 2.50 bits per heavy atom. The van der Waals surface area contributed by atoms with Crippen molar-refractivity contribution in [2.24, 2.45) is 4.99 Å². The minimum absolute atomic E-state index is 0.164. The summed E-state index contributed by atoms with van der Waals surface area (Å²) in [6.07, 6.45) is 2.83. The maximum atomic E-state index is 12.6. The Kier molecular flexibility index (Phi) is 7.70. The summed E-state index contributed by atoms with van der Waals surface area (Å²) in [5, 5.41) is 3.42. The summed E-state index contributed by atoms with van der Waals surface area (Å²) in [6, 6.07) is 22.0. The van der Waals surface area contributed by atoms with Crippen molar-refractivity contribution in [3.8, 4) is 5.75 Å². The van der Waals surface area contributed by atoms with Crippen molar-refractivity contribution < 1.29 is 9.53 Å². The molecule has 162 valence electrons. The molecule has 1 aliphatic rings. The molecule has 0 spiro atoms. The van der Waals surface area contributed by atoms with E-state index in [0.29, 0.717) is 22.4 Å². The fourth-order valence-electron chi connectivity index (χ4n) is 3.05. The number of aliphatic imine (C=N–C) groups is 1. The fourth-order valence-corrected chi connectivity index (χ4v) is 4.62. The number of aryl methyl sites for hydroxylation is 1. The Morgan fingerprint density at radius 2 is 1.78 bits per heavy atom. The number of amidine groups is 1. The number of benzene rings is 3. The maximum absolute atomic E-state index is 12.6. The molecule has 1 saturated heterocycles. The average molecular weight is 619 g/mol. The van der Waals surface area contributed by atoms with E-state index in [0.717, 1.165) is 27.7 Å². The topological polar surface area (TPSA) is 50.7 Å². The number of nitrogens with one attached hydrogen (secondary N) is 1.